The Balaban J connectivity index is 2.10. The first-order valence-corrected chi connectivity index (χ1v) is 5.53. The quantitative estimate of drug-likeness (QED) is 0.780. The maximum atomic E-state index is 11.6. The Morgan fingerprint density at radius 2 is 2.31 bits per heavy atom. The molecule has 0 fully saturated rings. The van der Waals surface area contributed by atoms with Crippen molar-refractivity contribution in [3.05, 3.63) is 29.8 Å². The normalized spacial score (nSPS) is 18.7. The molecule has 0 saturated carbocycles. The van der Waals surface area contributed by atoms with Crippen molar-refractivity contribution in [3.8, 4) is 5.75 Å². The molecule has 16 heavy (non-hydrogen) atoms. The van der Waals surface area contributed by atoms with Crippen LogP contribution in [0, 0.1) is 0 Å². The SMILES string of the molecule is COCC(=O)CC1CCOc2ccccc21. The lowest BCUT2D eigenvalue weighted by molar-refractivity contribution is -0.123. The molecule has 0 N–H and O–H groups in total. The highest BCUT2D eigenvalue weighted by Crippen LogP contribution is 2.35. The number of benzene rings is 1. The third-order valence-corrected chi connectivity index (χ3v) is 2.86. The molecule has 0 saturated heterocycles. The zero-order valence-electron chi connectivity index (χ0n) is 9.44. The summed E-state index contributed by atoms with van der Waals surface area (Å²) in [6.45, 7) is 0.904. The summed E-state index contributed by atoms with van der Waals surface area (Å²) in [4.78, 5) is 11.6. The van der Waals surface area contributed by atoms with Crippen LogP contribution >= 0.6 is 0 Å². The van der Waals surface area contributed by atoms with Crippen molar-refractivity contribution in [2.24, 2.45) is 0 Å². The van der Waals surface area contributed by atoms with E-state index in [4.69, 9.17) is 9.47 Å². The fourth-order valence-electron chi connectivity index (χ4n) is 2.12. The van der Waals surface area contributed by atoms with Crippen LogP contribution in [0.15, 0.2) is 24.3 Å². The molecule has 0 bridgehead atoms. The smallest absolute Gasteiger partial charge is 0.159 e. The van der Waals surface area contributed by atoms with E-state index in [9.17, 15) is 4.79 Å². The monoisotopic (exact) mass is 220 g/mol. The predicted octanol–water partition coefficient (Wildman–Crippen LogP) is 2.16. The Morgan fingerprint density at radius 1 is 1.50 bits per heavy atom. The van der Waals surface area contributed by atoms with E-state index < -0.39 is 0 Å². The number of ketones is 1. The van der Waals surface area contributed by atoms with Gasteiger partial charge in [0.15, 0.2) is 5.78 Å². The molecule has 0 amide bonds. The second-order valence-electron chi connectivity index (χ2n) is 4.05. The van der Waals surface area contributed by atoms with Gasteiger partial charge in [-0.2, -0.15) is 0 Å². The maximum absolute atomic E-state index is 11.6. The van der Waals surface area contributed by atoms with Gasteiger partial charge < -0.3 is 9.47 Å². The summed E-state index contributed by atoms with van der Waals surface area (Å²) < 4.78 is 10.4. The molecular weight excluding hydrogens is 204 g/mol. The van der Waals surface area contributed by atoms with Crippen LogP contribution in [0.3, 0.4) is 0 Å². The van der Waals surface area contributed by atoms with Gasteiger partial charge in [0.05, 0.1) is 6.61 Å². The van der Waals surface area contributed by atoms with Gasteiger partial charge in [0.1, 0.15) is 12.4 Å². The molecule has 2 rings (SSSR count). The number of ether oxygens (including phenoxy) is 2. The van der Waals surface area contributed by atoms with Gasteiger partial charge in [0.25, 0.3) is 0 Å². The summed E-state index contributed by atoms with van der Waals surface area (Å²) in [7, 11) is 1.55. The molecule has 1 aliphatic heterocycles. The Kier molecular flexibility index (Phi) is 3.57. The lowest BCUT2D eigenvalue weighted by atomic mass is 9.89. The number of rotatable bonds is 4. The largest absolute Gasteiger partial charge is 0.493 e. The van der Waals surface area contributed by atoms with E-state index in [0.29, 0.717) is 13.0 Å². The highest BCUT2D eigenvalue weighted by molar-refractivity contribution is 5.80. The minimum absolute atomic E-state index is 0.157. The number of hydrogen-bond acceptors (Lipinski definition) is 3. The highest BCUT2D eigenvalue weighted by Gasteiger charge is 2.23. The number of fused-ring (bicyclic) bond motifs is 1. The van der Waals surface area contributed by atoms with Gasteiger partial charge >= 0.3 is 0 Å². The van der Waals surface area contributed by atoms with Crippen LogP contribution in [0.25, 0.3) is 0 Å². The van der Waals surface area contributed by atoms with Crippen LogP contribution in [0.2, 0.25) is 0 Å². The molecule has 1 aromatic carbocycles. The van der Waals surface area contributed by atoms with E-state index in [1.54, 1.807) is 7.11 Å². The zero-order valence-corrected chi connectivity index (χ0v) is 9.44. The summed E-state index contributed by atoms with van der Waals surface area (Å²) in [6, 6.07) is 7.95. The van der Waals surface area contributed by atoms with Gasteiger partial charge in [0, 0.05) is 13.5 Å². The second kappa shape index (κ2) is 5.12. The fourth-order valence-corrected chi connectivity index (χ4v) is 2.12. The van der Waals surface area contributed by atoms with E-state index in [2.05, 4.69) is 0 Å². The van der Waals surface area contributed by atoms with Crippen molar-refractivity contribution in [2.45, 2.75) is 18.8 Å². The van der Waals surface area contributed by atoms with Gasteiger partial charge in [-0.05, 0) is 24.0 Å². The summed E-state index contributed by atoms with van der Waals surface area (Å²) in [5, 5.41) is 0. The molecule has 1 aliphatic rings. The van der Waals surface area contributed by atoms with Gasteiger partial charge in [-0.15, -0.1) is 0 Å². The van der Waals surface area contributed by atoms with Crippen LogP contribution in [0.5, 0.6) is 5.75 Å². The van der Waals surface area contributed by atoms with Crippen molar-refractivity contribution < 1.29 is 14.3 Å². The van der Waals surface area contributed by atoms with Crippen LogP contribution in [-0.2, 0) is 9.53 Å². The molecule has 3 nitrogen and oxygen atoms in total. The highest BCUT2D eigenvalue weighted by atomic mass is 16.5. The second-order valence-corrected chi connectivity index (χ2v) is 4.05. The number of hydrogen-bond donors (Lipinski definition) is 0. The van der Waals surface area contributed by atoms with Gasteiger partial charge in [-0.3, -0.25) is 4.79 Å². The first-order chi connectivity index (χ1) is 7.81. The van der Waals surface area contributed by atoms with Crippen molar-refractivity contribution in [3.63, 3.8) is 0 Å². The molecule has 0 aliphatic carbocycles. The van der Waals surface area contributed by atoms with Gasteiger partial charge in [-0.25, -0.2) is 0 Å². The number of carbonyl (C=O) groups excluding carboxylic acids is 1. The Hall–Kier alpha value is -1.35. The molecule has 0 aromatic heterocycles. The van der Waals surface area contributed by atoms with E-state index in [1.807, 2.05) is 24.3 Å². The molecule has 0 radical (unpaired) electrons. The number of para-hydroxylation sites is 1. The summed E-state index contributed by atoms with van der Waals surface area (Å²) >= 11 is 0. The van der Waals surface area contributed by atoms with Crippen molar-refractivity contribution in [1.29, 1.82) is 0 Å². The van der Waals surface area contributed by atoms with Crippen LogP contribution in [-0.4, -0.2) is 26.1 Å². The van der Waals surface area contributed by atoms with Gasteiger partial charge in [0.2, 0.25) is 0 Å². The Labute approximate surface area is 95.4 Å². The average molecular weight is 220 g/mol. The Morgan fingerprint density at radius 3 is 3.12 bits per heavy atom. The van der Waals surface area contributed by atoms with Gasteiger partial charge in [-0.1, -0.05) is 18.2 Å². The molecule has 86 valence electrons. The minimum atomic E-state index is 0.157. The lowest BCUT2D eigenvalue weighted by Gasteiger charge is -2.25. The average Bonchev–Trinajstić information content (AvgIpc) is 2.30. The minimum Gasteiger partial charge on any atom is -0.493 e. The van der Waals surface area contributed by atoms with Crippen LogP contribution in [0.4, 0.5) is 0 Å². The van der Waals surface area contributed by atoms with E-state index in [0.717, 1.165) is 17.7 Å². The summed E-state index contributed by atoms with van der Waals surface area (Å²) in [5.41, 5.74) is 1.15. The molecule has 0 spiro atoms. The number of Topliss-reactive ketones (excluding diaryl/α,β-unsaturated/α-hetero) is 1. The lowest BCUT2D eigenvalue weighted by Crippen LogP contribution is -2.18. The predicted molar refractivity (Wildman–Crippen MR) is 60.8 cm³/mol. The third-order valence-electron chi connectivity index (χ3n) is 2.86. The first kappa shape index (κ1) is 11.1. The van der Waals surface area contributed by atoms with Crippen LogP contribution < -0.4 is 4.74 Å². The topological polar surface area (TPSA) is 35.5 Å². The number of carbonyl (C=O) groups is 1. The standard InChI is InChI=1S/C13H16O3/c1-15-9-11(14)8-10-6-7-16-13-5-3-2-4-12(10)13/h2-5,10H,6-9H2,1H3. The fraction of sp³-hybridized carbons (Fsp3) is 0.462. The molecule has 1 heterocycles. The van der Waals surface area contributed by atoms with E-state index in [-0.39, 0.29) is 18.3 Å². The van der Waals surface area contributed by atoms with E-state index in [1.165, 1.54) is 0 Å². The van der Waals surface area contributed by atoms with Crippen LogP contribution in [0.1, 0.15) is 24.3 Å². The van der Waals surface area contributed by atoms with Crippen molar-refractivity contribution >= 4 is 5.78 Å². The van der Waals surface area contributed by atoms with E-state index >= 15 is 0 Å². The molecule has 1 aromatic rings. The Bertz CT molecular complexity index is 373. The molecule has 1 unspecified atom stereocenters. The zero-order chi connectivity index (χ0) is 11.4. The first-order valence-electron chi connectivity index (χ1n) is 5.53. The summed E-state index contributed by atoms with van der Waals surface area (Å²) in [6.07, 6.45) is 1.46. The third kappa shape index (κ3) is 2.42. The number of methoxy groups -OCH3 is 1. The van der Waals surface area contributed by atoms with Crippen molar-refractivity contribution in [2.75, 3.05) is 20.3 Å². The molecule has 3 heteroatoms. The van der Waals surface area contributed by atoms with Crippen molar-refractivity contribution in [1.82, 2.24) is 0 Å². The summed E-state index contributed by atoms with van der Waals surface area (Å²) in [5.74, 6) is 1.36. The maximum Gasteiger partial charge on any atom is 0.159 e. The molecule has 1 atom stereocenters. The molecular formula is C13H16O3.